The number of aromatic nitrogens is 2. The quantitative estimate of drug-likeness (QED) is 0.645. The van der Waals surface area contributed by atoms with E-state index in [1.165, 1.54) is 0 Å². The van der Waals surface area contributed by atoms with Gasteiger partial charge in [-0.05, 0) is 47.9 Å². The fraction of sp³-hybridized carbons (Fsp3) is 0.111. The Labute approximate surface area is 142 Å². The molecule has 0 saturated heterocycles. The lowest BCUT2D eigenvalue weighted by atomic mass is 10.1. The molecule has 0 amide bonds. The van der Waals surface area contributed by atoms with Gasteiger partial charge in [0.15, 0.2) is 0 Å². The highest BCUT2D eigenvalue weighted by atomic mass is 35.5. The Balaban J connectivity index is 1.88. The molecule has 5 heteroatoms. The van der Waals surface area contributed by atoms with E-state index in [0.29, 0.717) is 22.0 Å². The van der Waals surface area contributed by atoms with Crippen molar-refractivity contribution in [2.24, 2.45) is 0 Å². The first-order chi connectivity index (χ1) is 11.1. The van der Waals surface area contributed by atoms with Crippen LogP contribution in [0.25, 0.3) is 22.6 Å². The van der Waals surface area contributed by atoms with Crippen molar-refractivity contribution in [3.8, 4) is 0 Å². The summed E-state index contributed by atoms with van der Waals surface area (Å²) in [7, 11) is 0. The van der Waals surface area contributed by atoms with E-state index in [1.807, 2.05) is 42.5 Å². The molecule has 114 valence electrons. The fourth-order valence-electron chi connectivity index (χ4n) is 2.90. The van der Waals surface area contributed by atoms with Crippen molar-refractivity contribution in [2.45, 2.75) is 13.0 Å². The Hall–Kier alpha value is -2.10. The molecule has 0 atom stereocenters. The second-order valence-electron chi connectivity index (χ2n) is 5.50. The Bertz CT molecular complexity index is 1020. The molecule has 0 N–H and O–H groups in total. The maximum Gasteiger partial charge on any atom is 0.261 e. The number of halogens is 2. The van der Waals surface area contributed by atoms with Crippen LogP contribution in [0.1, 0.15) is 17.8 Å². The third kappa shape index (κ3) is 2.46. The third-order valence-corrected chi connectivity index (χ3v) is 4.78. The molecule has 4 rings (SSSR count). The monoisotopic (exact) mass is 342 g/mol. The summed E-state index contributed by atoms with van der Waals surface area (Å²) >= 11 is 12.0. The Morgan fingerprint density at radius 1 is 1.09 bits per heavy atom. The number of fused-ring (bicyclic) bond motifs is 2. The van der Waals surface area contributed by atoms with Crippen LogP contribution in [0.3, 0.4) is 0 Å². The topological polar surface area (TPSA) is 34.9 Å². The summed E-state index contributed by atoms with van der Waals surface area (Å²) < 4.78 is 1.74. The van der Waals surface area contributed by atoms with E-state index >= 15 is 0 Å². The average Bonchev–Trinajstić information content (AvgIpc) is 2.94. The van der Waals surface area contributed by atoms with Gasteiger partial charge in [-0.2, -0.15) is 0 Å². The highest BCUT2D eigenvalue weighted by Gasteiger charge is 2.20. The highest BCUT2D eigenvalue weighted by molar-refractivity contribution is 6.42. The minimum absolute atomic E-state index is 0.0168. The van der Waals surface area contributed by atoms with Gasteiger partial charge in [-0.3, -0.25) is 9.36 Å². The molecule has 3 nitrogen and oxygen atoms in total. The standard InChI is InChI=1S/C18H12Cl2N2O/c19-14-6-5-11(10-15(14)20)9-12-7-8-22-17(12)21-16-4-2-1-3-13(16)18(22)23/h1-6,9-10H,7-8H2/b12-9+. The molecule has 0 aliphatic carbocycles. The zero-order chi connectivity index (χ0) is 16.0. The molecule has 1 aliphatic heterocycles. The molecule has 2 aromatic carbocycles. The van der Waals surface area contributed by atoms with Crippen molar-refractivity contribution in [1.29, 1.82) is 0 Å². The zero-order valence-corrected chi connectivity index (χ0v) is 13.6. The van der Waals surface area contributed by atoms with Crippen LogP contribution in [0.4, 0.5) is 0 Å². The van der Waals surface area contributed by atoms with E-state index in [1.54, 1.807) is 10.6 Å². The molecule has 2 heterocycles. The van der Waals surface area contributed by atoms with Crippen LogP contribution in [0.2, 0.25) is 10.0 Å². The molecule has 0 bridgehead atoms. The summed E-state index contributed by atoms with van der Waals surface area (Å²) in [6.45, 7) is 0.652. The van der Waals surface area contributed by atoms with Crippen LogP contribution in [-0.2, 0) is 6.54 Å². The van der Waals surface area contributed by atoms with Gasteiger partial charge in [0.2, 0.25) is 0 Å². The van der Waals surface area contributed by atoms with Crippen LogP contribution >= 0.6 is 23.2 Å². The molecule has 1 aromatic heterocycles. The molecule has 0 saturated carbocycles. The van der Waals surface area contributed by atoms with Crippen molar-refractivity contribution in [3.63, 3.8) is 0 Å². The predicted molar refractivity (Wildman–Crippen MR) is 95.0 cm³/mol. The smallest absolute Gasteiger partial charge is 0.261 e. The minimum Gasteiger partial charge on any atom is -0.292 e. The van der Waals surface area contributed by atoms with E-state index in [9.17, 15) is 4.79 Å². The van der Waals surface area contributed by atoms with E-state index in [4.69, 9.17) is 23.2 Å². The molecule has 0 unspecified atom stereocenters. The van der Waals surface area contributed by atoms with Gasteiger partial charge in [0.05, 0.1) is 20.9 Å². The van der Waals surface area contributed by atoms with Crippen molar-refractivity contribution >= 4 is 45.8 Å². The third-order valence-electron chi connectivity index (χ3n) is 4.04. The van der Waals surface area contributed by atoms with Gasteiger partial charge in [0, 0.05) is 6.54 Å². The maximum atomic E-state index is 12.6. The van der Waals surface area contributed by atoms with Crippen molar-refractivity contribution in [1.82, 2.24) is 9.55 Å². The lowest BCUT2D eigenvalue weighted by molar-refractivity contribution is 0.725. The van der Waals surface area contributed by atoms with Crippen LogP contribution in [0.5, 0.6) is 0 Å². The molecule has 0 fully saturated rings. The number of benzene rings is 2. The van der Waals surface area contributed by atoms with Crippen LogP contribution < -0.4 is 5.56 Å². The van der Waals surface area contributed by atoms with Gasteiger partial charge >= 0.3 is 0 Å². The van der Waals surface area contributed by atoms with Crippen LogP contribution in [0.15, 0.2) is 47.3 Å². The van der Waals surface area contributed by atoms with Gasteiger partial charge in [-0.1, -0.05) is 41.4 Å². The molecule has 0 spiro atoms. The number of allylic oxidation sites excluding steroid dienone is 1. The van der Waals surface area contributed by atoms with E-state index in [2.05, 4.69) is 4.98 Å². The molecule has 23 heavy (non-hydrogen) atoms. The van der Waals surface area contributed by atoms with Gasteiger partial charge in [-0.25, -0.2) is 4.98 Å². The summed E-state index contributed by atoms with van der Waals surface area (Å²) in [5.74, 6) is 0.736. The zero-order valence-electron chi connectivity index (χ0n) is 12.1. The van der Waals surface area contributed by atoms with Gasteiger partial charge in [0.1, 0.15) is 5.82 Å². The maximum absolute atomic E-state index is 12.6. The first-order valence-electron chi connectivity index (χ1n) is 7.29. The van der Waals surface area contributed by atoms with E-state index in [0.717, 1.165) is 28.9 Å². The van der Waals surface area contributed by atoms with E-state index < -0.39 is 0 Å². The fourth-order valence-corrected chi connectivity index (χ4v) is 3.21. The lowest BCUT2D eigenvalue weighted by Gasteiger charge is -2.05. The summed E-state index contributed by atoms with van der Waals surface area (Å²) in [6, 6.07) is 12.9. The lowest BCUT2D eigenvalue weighted by Crippen LogP contribution is -2.20. The minimum atomic E-state index is 0.0168. The molecule has 1 aliphatic rings. The van der Waals surface area contributed by atoms with E-state index in [-0.39, 0.29) is 5.56 Å². The summed E-state index contributed by atoms with van der Waals surface area (Å²) in [6.07, 6.45) is 2.79. The second-order valence-corrected chi connectivity index (χ2v) is 6.32. The summed E-state index contributed by atoms with van der Waals surface area (Å²) in [4.78, 5) is 17.2. The first kappa shape index (κ1) is 14.5. The first-order valence-corrected chi connectivity index (χ1v) is 8.04. The van der Waals surface area contributed by atoms with Crippen molar-refractivity contribution in [3.05, 3.63) is 74.3 Å². The second kappa shape index (κ2) is 5.52. The summed E-state index contributed by atoms with van der Waals surface area (Å²) in [5.41, 5.74) is 2.73. The number of nitrogens with zero attached hydrogens (tertiary/aromatic N) is 2. The van der Waals surface area contributed by atoms with Gasteiger partial charge < -0.3 is 0 Å². The number of hydrogen-bond donors (Lipinski definition) is 0. The molecular weight excluding hydrogens is 331 g/mol. The van der Waals surface area contributed by atoms with Crippen LogP contribution in [-0.4, -0.2) is 9.55 Å². The largest absolute Gasteiger partial charge is 0.292 e. The Morgan fingerprint density at radius 2 is 1.91 bits per heavy atom. The predicted octanol–water partition coefficient (Wildman–Crippen LogP) is 4.65. The van der Waals surface area contributed by atoms with Gasteiger partial charge in [-0.15, -0.1) is 0 Å². The highest BCUT2D eigenvalue weighted by Crippen LogP contribution is 2.29. The molecule has 0 radical (unpaired) electrons. The number of hydrogen-bond acceptors (Lipinski definition) is 2. The SMILES string of the molecule is O=c1c2ccccc2nc2n1CC/C2=C\c1ccc(Cl)c(Cl)c1. The van der Waals surface area contributed by atoms with Crippen LogP contribution in [0, 0.1) is 0 Å². The molecular formula is C18H12Cl2N2O. The normalized spacial score (nSPS) is 15.3. The summed E-state index contributed by atoms with van der Waals surface area (Å²) in [5, 5.41) is 1.70. The number of rotatable bonds is 1. The Morgan fingerprint density at radius 3 is 2.74 bits per heavy atom. The van der Waals surface area contributed by atoms with Crippen molar-refractivity contribution < 1.29 is 0 Å². The van der Waals surface area contributed by atoms with Gasteiger partial charge in [0.25, 0.3) is 5.56 Å². The molecule has 3 aromatic rings. The van der Waals surface area contributed by atoms with Crippen molar-refractivity contribution in [2.75, 3.05) is 0 Å². The average molecular weight is 343 g/mol. The Kier molecular flexibility index (Phi) is 3.47. The number of para-hydroxylation sites is 1.